The lowest BCUT2D eigenvalue weighted by Gasteiger charge is -2.14. The van der Waals surface area contributed by atoms with Gasteiger partial charge in [0.05, 0.1) is 0 Å². The van der Waals surface area contributed by atoms with E-state index in [0.29, 0.717) is 5.69 Å². The summed E-state index contributed by atoms with van der Waals surface area (Å²) in [6, 6.07) is 6.15. The second-order valence-corrected chi connectivity index (χ2v) is 5.90. The molecule has 2 aromatic heterocycles. The first-order chi connectivity index (χ1) is 10.6. The van der Waals surface area contributed by atoms with Gasteiger partial charge >= 0.3 is 0 Å². The molecule has 0 aliphatic carbocycles. The van der Waals surface area contributed by atoms with E-state index in [9.17, 15) is 4.79 Å². The van der Waals surface area contributed by atoms with Crippen LogP contribution in [-0.2, 0) is 6.42 Å². The quantitative estimate of drug-likeness (QED) is 0.760. The summed E-state index contributed by atoms with van der Waals surface area (Å²) in [5, 5.41) is 3.22. The second kappa shape index (κ2) is 7.78. The predicted molar refractivity (Wildman–Crippen MR) is 92.3 cm³/mol. The first kappa shape index (κ1) is 16.3. The molecule has 22 heavy (non-hydrogen) atoms. The van der Waals surface area contributed by atoms with Crippen LogP contribution in [0.4, 0.5) is 5.69 Å². The van der Waals surface area contributed by atoms with Crippen LogP contribution >= 0.6 is 0 Å². The summed E-state index contributed by atoms with van der Waals surface area (Å²) in [4.78, 5) is 19.4. The molecule has 0 amide bonds. The Hall–Kier alpha value is -2.10. The minimum absolute atomic E-state index is 0.0435. The van der Waals surface area contributed by atoms with Gasteiger partial charge in [-0.25, -0.2) is 0 Å². The molecule has 2 heterocycles. The van der Waals surface area contributed by atoms with Gasteiger partial charge in [0, 0.05) is 29.7 Å². The van der Waals surface area contributed by atoms with Gasteiger partial charge in [0.1, 0.15) is 5.69 Å². The van der Waals surface area contributed by atoms with Crippen LogP contribution < -0.4 is 10.9 Å². The molecule has 0 spiro atoms. The maximum atomic E-state index is 12.3. The van der Waals surface area contributed by atoms with Crippen molar-refractivity contribution in [3.8, 4) is 11.1 Å². The van der Waals surface area contributed by atoms with Gasteiger partial charge in [-0.1, -0.05) is 19.8 Å². The van der Waals surface area contributed by atoms with Crippen LogP contribution in [0.3, 0.4) is 0 Å². The lowest BCUT2D eigenvalue weighted by atomic mass is 10.0. The largest absolute Gasteiger partial charge is 0.378 e. The predicted octanol–water partition coefficient (Wildman–Crippen LogP) is 3.99. The standard InChI is InChI=1S/C18H25N3O/c1-4-5-6-7-16-15(14-8-10-19-11-9-14)12-17(18(22)21-16)20-13(2)3/h8-13,20H,4-7H2,1-3H3,(H,21,22). The van der Waals surface area contributed by atoms with E-state index >= 15 is 0 Å². The van der Waals surface area contributed by atoms with Crippen molar-refractivity contribution in [1.29, 1.82) is 0 Å². The molecule has 4 heteroatoms. The molecule has 2 N–H and O–H groups in total. The molecule has 0 saturated heterocycles. The van der Waals surface area contributed by atoms with Crippen molar-refractivity contribution in [2.75, 3.05) is 5.32 Å². The second-order valence-electron chi connectivity index (χ2n) is 5.90. The summed E-state index contributed by atoms with van der Waals surface area (Å²) in [5.41, 5.74) is 3.77. The molecule has 118 valence electrons. The van der Waals surface area contributed by atoms with Crippen LogP contribution in [0.2, 0.25) is 0 Å². The number of pyridine rings is 2. The Morgan fingerprint density at radius 2 is 1.95 bits per heavy atom. The highest BCUT2D eigenvalue weighted by Crippen LogP contribution is 2.24. The zero-order valence-corrected chi connectivity index (χ0v) is 13.6. The van der Waals surface area contributed by atoms with Gasteiger partial charge in [-0.2, -0.15) is 0 Å². The fourth-order valence-corrected chi connectivity index (χ4v) is 2.52. The van der Waals surface area contributed by atoms with Gasteiger partial charge in [0.2, 0.25) is 0 Å². The number of hydrogen-bond donors (Lipinski definition) is 2. The molecule has 4 nitrogen and oxygen atoms in total. The minimum Gasteiger partial charge on any atom is -0.378 e. The molecule has 0 radical (unpaired) electrons. The van der Waals surface area contributed by atoms with Crippen LogP contribution in [0.5, 0.6) is 0 Å². The summed E-state index contributed by atoms with van der Waals surface area (Å²) >= 11 is 0. The van der Waals surface area contributed by atoms with Gasteiger partial charge < -0.3 is 10.3 Å². The molecular formula is C18H25N3O. The van der Waals surface area contributed by atoms with E-state index in [-0.39, 0.29) is 11.6 Å². The van der Waals surface area contributed by atoms with Gasteiger partial charge in [-0.05, 0) is 50.5 Å². The highest BCUT2D eigenvalue weighted by molar-refractivity contribution is 5.69. The Labute approximate surface area is 132 Å². The van der Waals surface area contributed by atoms with Crippen LogP contribution in [0, 0.1) is 0 Å². The van der Waals surface area contributed by atoms with Gasteiger partial charge in [-0.3, -0.25) is 9.78 Å². The van der Waals surface area contributed by atoms with Gasteiger partial charge in [0.25, 0.3) is 5.56 Å². The van der Waals surface area contributed by atoms with E-state index in [1.54, 1.807) is 12.4 Å². The zero-order chi connectivity index (χ0) is 15.9. The molecule has 0 saturated carbocycles. The SMILES string of the molecule is CCCCCc1[nH]c(=O)c(NC(C)C)cc1-c1ccncc1. The van der Waals surface area contributed by atoms with E-state index in [1.807, 2.05) is 32.0 Å². The lowest BCUT2D eigenvalue weighted by molar-refractivity contribution is 0.707. The van der Waals surface area contributed by atoms with Crippen molar-refractivity contribution in [3.63, 3.8) is 0 Å². The third-order valence-corrected chi connectivity index (χ3v) is 3.59. The molecule has 0 atom stereocenters. The topological polar surface area (TPSA) is 57.8 Å². The number of aromatic amines is 1. The third kappa shape index (κ3) is 4.20. The minimum atomic E-state index is -0.0435. The lowest BCUT2D eigenvalue weighted by Crippen LogP contribution is -2.20. The average molecular weight is 299 g/mol. The summed E-state index contributed by atoms with van der Waals surface area (Å²) in [5.74, 6) is 0. The van der Waals surface area contributed by atoms with Crippen molar-refractivity contribution in [2.24, 2.45) is 0 Å². The number of aryl methyl sites for hydroxylation is 1. The highest BCUT2D eigenvalue weighted by atomic mass is 16.1. The Kier molecular flexibility index (Phi) is 5.75. The third-order valence-electron chi connectivity index (χ3n) is 3.59. The summed E-state index contributed by atoms with van der Waals surface area (Å²) < 4.78 is 0. The smallest absolute Gasteiger partial charge is 0.271 e. The Balaban J connectivity index is 2.43. The summed E-state index contributed by atoms with van der Waals surface area (Å²) in [6.07, 6.45) is 7.88. The zero-order valence-electron chi connectivity index (χ0n) is 13.6. The number of unbranched alkanes of at least 4 members (excludes halogenated alkanes) is 2. The molecule has 2 rings (SSSR count). The van der Waals surface area contributed by atoms with Crippen LogP contribution in [0.25, 0.3) is 11.1 Å². The number of nitrogens with one attached hydrogen (secondary N) is 2. The van der Waals surface area contributed by atoms with Crippen molar-refractivity contribution >= 4 is 5.69 Å². The van der Waals surface area contributed by atoms with Crippen LogP contribution in [0.15, 0.2) is 35.4 Å². The normalized spacial score (nSPS) is 10.9. The number of anilines is 1. The van der Waals surface area contributed by atoms with Crippen LogP contribution in [0.1, 0.15) is 45.7 Å². The van der Waals surface area contributed by atoms with Crippen molar-refractivity contribution < 1.29 is 0 Å². The van der Waals surface area contributed by atoms with E-state index in [0.717, 1.165) is 29.7 Å². The first-order valence-electron chi connectivity index (χ1n) is 8.05. The van der Waals surface area contributed by atoms with Crippen LogP contribution in [-0.4, -0.2) is 16.0 Å². The molecule has 0 bridgehead atoms. The van der Waals surface area contributed by atoms with E-state index in [1.165, 1.54) is 12.8 Å². The maximum Gasteiger partial charge on any atom is 0.271 e. The summed E-state index contributed by atoms with van der Waals surface area (Å²) in [6.45, 7) is 6.24. The number of aromatic nitrogens is 2. The Morgan fingerprint density at radius 1 is 1.23 bits per heavy atom. The molecular weight excluding hydrogens is 274 g/mol. The fourth-order valence-electron chi connectivity index (χ4n) is 2.52. The van der Waals surface area contributed by atoms with E-state index in [2.05, 4.69) is 22.2 Å². The molecule has 0 aliphatic rings. The Morgan fingerprint density at radius 3 is 2.59 bits per heavy atom. The number of nitrogens with zero attached hydrogens (tertiary/aromatic N) is 1. The summed E-state index contributed by atoms with van der Waals surface area (Å²) in [7, 11) is 0. The highest BCUT2D eigenvalue weighted by Gasteiger charge is 2.11. The van der Waals surface area contributed by atoms with E-state index < -0.39 is 0 Å². The molecule has 0 unspecified atom stereocenters. The molecule has 2 aromatic rings. The molecule has 0 aromatic carbocycles. The molecule has 0 fully saturated rings. The average Bonchev–Trinajstić information content (AvgIpc) is 2.50. The fraction of sp³-hybridized carbons (Fsp3) is 0.444. The van der Waals surface area contributed by atoms with E-state index in [4.69, 9.17) is 0 Å². The number of hydrogen-bond acceptors (Lipinski definition) is 3. The van der Waals surface area contributed by atoms with Crippen molar-refractivity contribution in [1.82, 2.24) is 9.97 Å². The maximum absolute atomic E-state index is 12.3. The monoisotopic (exact) mass is 299 g/mol. The van der Waals surface area contributed by atoms with Gasteiger partial charge in [-0.15, -0.1) is 0 Å². The Bertz CT molecular complexity index is 647. The van der Waals surface area contributed by atoms with Crippen molar-refractivity contribution in [2.45, 2.75) is 52.5 Å². The van der Waals surface area contributed by atoms with Gasteiger partial charge in [0.15, 0.2) is 0 Å². The first-order valence-corrected chi connectivity index (χ1v) is 8.05. The number of rotatable bonds is 7. The van der Waals surface area contributed by atoms with Crippen molar-refractivity contribution in [3.05, 3.63) is 46.6 Å². The number of H-pyrrole nitrogens is 1. The molecule has 0 aliphatic heterocycles.